The maximum absolute atomic E-state index is 13.2. The van der Waals surface area contributed by atoms with Gasteiger partial charge in [-0.3, -0.25) is 14.9 Å². The Hall–Kier alpha value is -3.29. The smallest absolute Gasteiger partial charge is 0.338 e. The van der Waals surface area contributed by atoms with Gasteiger partial charge in [0, 0.05) is 17.3 Å². The number of halogens is 1. The SMILES string of the molecule is Cc1ccc(F)cc1NC(=O)COC(=O)c1ccc([N+](=O)[O-])c(C)c1. The lowest BCUT2D eigenvalue weighted by Gasteiger charge is -2.09. The van der Waals surface area contributed by atoms with Crippen molar-refractivity contribution in [3.05, 3.63) is 69.0 Å². The second kappa shape index (κ2) is 7.52. The first-order chi connectivity index (χ1) is 11.8. The van der Waals surface area contributed by atoms with Gasteiger partial charge < -0.3 is 10.1 Å². The number of rotatable bonds is 5. The van der Waals surface area contributed by atoms with E-state index >= 15 is 0 Å². The van der Waals surface area contributed by atoms with Gasteiger partial charge in [-0.25, -0.2) is 9.18 Å². The average Bonchev–Trinajstić information content (AvgIpc) is 2.55. The van der Waals surface area contributed by atoms with Crippen molar-refractivity contribution in [1.29, 1.82) is 0 Å². The number of nitro groups is 1. The highest BCUT2D eigenvalue weighted by atomic mass is 19.1. The quantitative estimate of drug-likeness (QED) is 0.509. The van der Waals surface area contributed by atoms with E-state index < -0.39 is 29.2 Å². The van der Waals surface area contributed by atoms with E-state index in [2.05, 4.69) is 5.32 Å². The summed E-state index contributed by atoms with van der Waals surface area (Å²) in [7, 11) is 0. The lowest BCUT2D eigenvalue weighted by molar-refractivity contribution is -0.385. The molecule has 0 radical (unpaired) electrons. The molecule has 0 atom stereocenters. The van der Waals surface area contributed by atoms with E-state index in [-0.39, 0.29) is 16.9 Å². The summed E-state index contributed by atoms with van der Waals surface area (Å²) in [5, 5.41) is 13.2. The maximum Gasteiger partial charge on any atom is 0.338 e. The molecule has 0 heterocycles. The normalized spacial score (nSPS) is 10.2. The van der Waals surface area contributed by atoms with Crippen molar-refractivity contribution in [1.82, 2.24) is 0 Å². The summed E-state index contributed by atoms with van der Waals surface area (Å²) in [5.41, 5.74) is 1.23. The summed E-state index contributed by atoms with van der Waals surface area (Å²) >= 11 is 0. The highest BCUT2D eigenvalue weighted by Crippen LogP contribution is 2.19. The van der Waals surface area contributed by atoms with Crippen LogP contribution in [0, 0.1) is 29.8 Å². The minimum Gasteiger partial charge on any atom is -0.452 e. The Morgan fingerprint density at radius 1 is 1.16 bits per heavy atom. The van der Waals surface area contributed by atoms with Crippen molar-refractivity contribution in [3.8, 4) is 0 Å². The minimum atomic E-state index is -0.788. The van der Waals surface area contributed by atoms with E-state index in [4.69, 9.17) is 4.74 Å². The van der Waals surface area contributed by atoms with Crippen LogP contribution in [-0.2, 0) is 9.53 Å². The van der Waals surface area contributed by atoms with Crippen LogP contribution in [0.3, 0.4) is 0 Å². The molecule has 0 spiro atoms. The fourth-order valence-corrected chi connectivity index (χ4v) is 2.12. The van der Waals surface area contributed by atoms with E-state index in [1.165, 1.54) is 37.3 Å². The van der Waals surface area contributed by atoms with E-state index in [9.17, 15) is 24.1 Å². The Balaban J connectivity index is 1.97. The zero-order valence-electron chi connectivity index (χ0n) is 13.5. The first-order valence-corrected chi connectivity index (χ1v) is 7.26. The van der Waals surface area contributed by atoms with Gasteiger partial charge in [-0.2, -0.15) is 0 Å². The molecule has 0 aromatic heterocycles. The Labute approximate surface area is 142 Å². The van der Waals surface area contributed by atoms with Crippen LogP contribution in [0.1, 0.15) is 21.5 Å². The van der Waals surface area contributed by atoms with E-state index in [1.54, 1.807) is 6.92 Å². The van der Waals surface area contributed by atoms with Crippen molar-refractivity contribution < 1.29 is 23.6 Å². The highest BCUT2D eigenvalue weighted by molar-refractivity contribution is 5.96. The summed E-state index contributed by atoms with van der Waals surface area (Å²) in [4.78, 5) is 33.9. The van der Waals surface area contributed by atoms with Crippen molar-refractivity contribution in [2.24, 2.45) is 0 Å². The van der Waals surface area contributed by atoms with Gasteiger partial charge in [-0.15, -0.1) is 0 Å². The Morgan fingerprint density at radius 2 is 1.88 bits per heavy atom. The van der Waals surface area contributed by atoms with Crippen LogP contribution in [-0.4, -0.2) is 23.4 Å². The standard InChI is InChI=1S/C17H15FN2O5/c1-10-3-5-13(18)8-14(10)19-16(21)9-25-17(22)12-4-6-15(20(23)24)11(2)7-12/h3-8H,9H2,1-2H3,(H,19,21). The third kappa shape index (κ3) is 4.60. The van der Waals surface area contributed by atoms with Gasteiger partial charge in [0.15, 0.2) is 6.61 Å². The number of anilines is 1. The molecule has 0 aliphatic carbocycles. The third-order valence-corrected chi connectivity index (χ3v) is 3.44. The minimum absolute atomic E-state index is 0.0952. The van der Waals surface area contributed by atoms with Crippen molar-refractivity contribution in [3.63, 3.8) is 0 Å². The number of hydrogen-bond acceptors (Lipinski definition) is 5. The average molecular weight is 346 g/mol. The predicted molar refractivity (Wildman–Crippen MR) is 87.9 cm³/mol. The molecular weight excluding hydrogens is 331 g/mol. The molecule has 0 unspecified atom stereocenters. The van der Waals surface area contributed by atoms with Gasteiger partial charge in [0.05, 0.1) is 10.5 Å². The number of nitrogens with zero attached hydrogens (tertiary/aromatic N) is 1. The van der Waals surface area contributed by atoms with E-state index in [0.29, 0.717) is 11.1 Å². The number of aryl methyl sites for hydroxylation is 2. The lowest BCUT2D eigenvalue weighted by Crippen LogP contribution is -2.21. The summed E-state index contributed by atoms with van der Waals surface area (Å²) in [6.45, 7) is 2.62. The molecule has 0 fully saturated rings. The van der Waals surface area contributed by atoms with Crippen LogP contribution in [0.5, 0.6) is 0 Å². The molecule has 0 saturated heterocycles. The third-order valence-electron chi connectivity index (χ3n) is 3.44. The van der Waals surface area contributed by atoms with Crippen molar-refractivity contribution in [2.75, 3.05) is 11.9 Å². The number of ether oxygens (including phenoxy) is 1. The van der Waals surface area contributed by atoms with Crippen LogP contribution in [0.2, 0.25) is 0 Å². The van der Waals surface area contributed by atoms with Crippen LogP contribution < -0.4 is 5.32 Å². The summed E-state index contributed by atoms with van der Waals surface area (Å²) in [6.07, 6.45) is 0. The van der Waals surface area contributed by atoms with Gasteiger partial charge in [-0.1, -0.05) is 6.07 Å². The fraction of sp³-hybridized carbons (Fsp3) is 0.176. The molecule has 0 bridgehead atoms. The van der Waals surface area contributed by atoms with Gasteiger partial charge >= 0.3 is 5.97 Å². The number of hydrogen-bond donors (Lipinski definition) is 1. The van der Waals surface area contributed by atoms with Crippen LogP contribution in [0.25, 0.3) is 0 Å². The number of carbonyl (C=O) groups is 2. The Bertz CT molecular complexity index is 851. The fourth-order valence-electron chi connectivity index (χ4n) is 2.12. The summed E-state index contributed by atoms with van der Waals surface area (Å²) in [5.74, 6) is -1.91. The van der Waals surface area contributed by atoms with Gasteiger partial charge in [0.2, 0.25) is 0 Å². The number of nitrogens with one attached hydrogen (secondary N) is 1. The largest absolute Gasteiger partial charge is 0.452 e. The Kier molecular flexibility index (Phi) is 5.43. The number of amides is 1. The molecule has 2 rings (SSSR count). The predicted octanol–water partition coefficient (Wildman–Crippen LogP) is 3.15. The molecule has 130 valence electrons. The van der Waals surface area contributed by atoms with Gasteiger partial charge in [-0.05, 0) is 43.7 Å². The first-order valence-electron chi connectivity index (χ1n) is 7.26. The van der Waals surface area contributed by atoms with Gasteiger partial charge in [0.1, 0.15) is 5.82 Å². The second-order valence-electron chi connectivity index (χ2n) is 5.34. The second-order valence-corrected chi connectivity index (χ2v) is 5.34. The maximum atomic E-state index is 13.2. The number of esters is 1. The Morgan fingerprint density at radius 3 is 2.52 bits per heavy atom. The molecule has 2 aromatic carbocycles. The zero-order valence-corrected chi connectivity index (χ0v) is 13.5. The lowest BCUT2D eigenvalue weighted by atomic mass is 10.1. The van der Waals surface area contributed by atoms with E-state index in [0.717, 1.165) is 6.07 Å². The van der Waals surface area contributed by atoms with Crippen molar-refractivity contribution >= 4 is 23.3 Å². The molecule has 0 saturated carbocycles. The summed E-state index contributed by atoms with van der Waals surface area (Å²) < 4.78 is 18.0. The topological polar surface area (TPSA) is 98.5 Å². The molecule has 1 N–H and O–H groups in total. The summed E-state index contributed by atoms with van der Waals surface area (Å²) in [6, 6.07) is 7.70. The highest BCUT2D eigenvalue weighted by Gasteiger charge is 2.16. The molecule has 7 nitrogen and oxygen atoms in total. The number of carbonyl (C=O) groups excluding carboxylic acids is 2. The van der Waals surface area contributed by atoms with Crippen LogP contribution in [0.15, 0.2) is 36.4 Å². The molecule has 8 heteroatoms. The van der Waals surface area contributed by atoms with Crippen molar-refractivity contribution in [2.45, 2.75) is 13.8 Å². The zero-order chi connectivity index (χ0) is 18.6. The molecular formula is C17H15FN2O5. The molecule has 0 aliphatic rings. The molecule has 1 amide bonds. The van der Waals surface area contributed by atoms with E-state index in [1.807, 2.05) is 0 Å². The number of nitro benzene ring substituents is 1. The molecule has 25 heavy (non-hydrogen) atoms. The number of benzene rings is 2. The molecule has 0 aliphatic heterocycles. The first kappa shape index (κ1) is 18.1. The van der Waals surface area contributed by atoms with Gasteiger partial charge in [0.25, 0.3) is 11.6 Å². The van der Waals surface area contributed by atoms with Crippen LogP contribution >= 0.6 is 0 Å². The monoisotopic (exact) mass is 346 g/mol. The molecule has 2 aromatic rings. The van der Waals surface area contributed by atoms with Crippen LogP contribution in [0.4, 0.5) is 15.8 Å².